The van der Waals surface area contributed by atoms with Crippen LogP contribution in [0.15, 0.2) is 35.5 Å². The highest BCUT2D eigenvalue weighted by Gasteiger charge is 2.43. The second kappa shape index (κ2) is 6.23. The fourth-order valence-electron chi connectivity index (χ4n) is 2.75. The van der Waals surface area contributed by atoms with Crippen molar-refractivity contribution in [3.05, 3.63) is 51.2 Å². The lowest BCUT2D eigenvalue weighted by Crippen LogP contribution is -2.53. The van der Waals surface area contributed by atoms with Crippen molar-refractivity contribution < 1.29 is 28.8 Å². The number of rotatable bonds is 3. The summed E-state index contributed by atoms with van der Waals surface area (Å²) in [5.74, 6) is -1.60. The number of carbonyl (C=O) groups is 3. The molecule has 0 spiro atoms. The predicted molar refractivity (Wildman–Crippen MR) is 81.1 cm³/mol. The summed E-state index contributed by atoms with van der Waals surface area (Å²) in [6.07, 6.45) is 0. The first-order valence-corrected chi connectivity index (χ1v) is 7.26. The standard InChI is InChI=1S/C15H13N3O7/c1-24-13(19)10-11(8-2-4-9(5-3-8)18(22)23)16-15(21)17-6-7-25-14(20)12(10)17/h2-5,11H,6-7H2,1H3,(H,16,21). The number of esters is 2. The lowest BCUT2D eigenvalue weighted by molar-refractivity contribution is -0.384. The molecule has 1 aromatic carbocycles. The number of benzene rings is 1. The summed E-state index contributed by atoms with van der Waals surface area (Å²) in [7, 11) is 1.15. The Balaban J connectivity index is 2.12. The number of carbonyl (C=O) groups excluding carboxylic acids is 3. The monoisotopic (exact) mass is 347 g/mol. The number of nitro groups is 1. The van der Waals surface area contributed by atoms with Crippen LogP contribution in [0.1, 0.15) is 11.6 Å². The highest BCUT2D eigenvalue weighted by atomic mass is 16.6. The summed E-state index contributed by atoms with van der Waals surface area (Å²) in [6, 6.07) is 3.73. The second-order valence-electron chi connectivity index (χ2n) is 5.27. The highest BCUT2D eigenvalue weighted by molar-refractivity contribution is 6.06. The molecule has 0 radical (unpaired) electrons. The molecule has 1 saturated heterocycles. The number of morpholine rings is 1. The molecule has 25 heavy (non-hydrogen) atoms. The van der Waals surface area contributed by atoms with Gasteiger partial charge in [0.2, 0.25) is 0 Å². The number of amides is 2. The maximum absolute atomic E-state index is 12.3. The molecule has 1 aromatic rings. The average Bonchev–Trinajstić information content (AvgIpc) is 2.61. The Bertz CT molecular complexity index is 800. The molecule has 3 rings (SSSR count). The summed E-state index contributed by atoms with van der Waals surface area (Å²) >= 11 is 0. The molecule has 1 fully saturated rings. The Labute approximate surface area is 141 Å². The van der Waals surface area contributed by atoms with Gasteiger partial charge in [-0.25, -0.2) is 14.4 Å². The minimum atomic E-state index is -0.988. The zero-order valence-corrected chi connectivity index (χ0v) is 13.1. The second-order valence-corrected chi connectivity index (χ2v) is 5.27. The van der Waals surface area contributed by atoms with Gasteiger partial charge >= 0.3 is 18.0 Å². The van der Waals surface area contributed by atoms with Gasteiger partial charge in [-0.2, -0.15) is 0 Å². The van der Waals surface area contributed by atoms with Crippen LogP contribution in [0.25, 0.3) is 0 Å². The van der Waals surface area contributed by atoms with Crippen LogP contribution >= 0.6 is 0 Å². The molecule has 130 valence electrons. The first-order chi connectivity index (χ1) is 11.9. The van der Waals surface area contributed by atoms with Gasteiger partial charge in [-0.15, -0.1) is 0 Å². The van der Waals surface area contributed by atoms with Crippen molar-refractivity contribution in [2.75, 3.05) is 20.3 Å². The number of nitro benzene ring substituents is 1. The molecular formula is C15H13N3O7. The van der Waals surface area contributed by atoms with E-state index in [0.29, 0.717) is 5.56 Å². The molecule has 1 N–H and O–H groups in total. The van der Waals surface area contributed by atoms with Crippen LogP contribution in [0.4, 0.5) is 10.5 Å². The Morgan fingerprint density at radius 3 is 2.64 bits per heavy atom. The molecule has 2 amide bonds. The van der Waals surface area contributed by atoms with Gasteiger partial charge in [0.25, 0.3) is 5.69 Å². The predicted octanol–water partition coefficient (Wildman–Crippen LogP) is 0.645. The normalized spacial score (nSPS) is 19.7. The summed E-state index contributed by atoms with van der Waals surface area (Å²) in [4.78, 5) is 48.0. The third kappa shape index (κ3) is 2.77. The summed E-state index contributed by atoms with van der Waals surface area (Å²) in [6.45, 7) is 0.132. The minimum absolute atomic E-state index is 0.0202. The molecule has 1 atom stereocenters. The van der Waals surface area contributed by atoms with Gasteiger partial charge in [-0.05, 0) is 17.7 Å². The zero-order chi connectivity index (χ0) is 18.1. The molecule has 1 unspecified atom stereocenters. The number of ether oxygens (including phenoxy) is 2. The lowest BCUT2D eigenvalue weighted by Gasteiger charge is -2.37. The van der Waals surface area contributed by atoms with Crippen LogP contribution in [-0.2, 0) is 19.1 Å². The number of cyclic esters (lactones) is 1. The van der Waals surface area contributed by atoms with E-state index in [2.05, 4.69) is 5.32 Å². The molecule has 2 aliphatic rings. The van der Waals surface area contributed by atoms with E-state index >= 15 is 0 Å². The fraction of sp³-hybridized carbons (Fsp3) is 0.267. The largest absolute Gasteiger partial charge is 0.466 e. The first-order valence-electron chi connectivity index (χ1n) is 7.26. The van der Waals surface area contributed by atoms with E-state index < -0.39 is 28.9 Å². The topological polar surface area (TPSA) is 128 Å². The van der Waals surface area contributed by atoms with E-state index in [-0.39, 0.29) is 30.1 Å². The average molecular weight is 347 g/mol. The van der Waals surface area contributed by atoms with Gasteiger partial charge in [0, 0.05) is 12.1 Å². The van der Waals surface area contributed by atoms with Crippen LogP contribution in [0.5, 0.6) is 0 Å². The highest BCUT2D eigenvalue weighted by Crippen LogP contribution is 2.33. The van der Waals surface area contributed by atoms with Gasteiger partial charge in [-0.1, -0.05) is 0 Å². The molecule has 0 bridgehead atoms. The minimum Gasteiger partial charge on any atom is -0.466 e. The van der Waals surface area contributed by atoms with Crippen LogP contribution in [-0.4, -0.2) is 48.1 Å². The molecule has 10 heteroatoms. The van der Waals surface area contributed by atoms with E-state index in [1.165, 1.54) is 24.3 Å². The van der Waals surface area contributed by atoms with Crippen molar-refractivity contribution in [3.63, 3.8) is 0 Å². The Morgan fingerprint density at radius 2 is 2.04 bits per heavy atom. The Kier molecular flexibility index (Phi) is 4.09. The first kappa shape index (κ1) is 16.4. The van der Waals surface area contributed by atoms with Crippen LogP contribution < -0.4 is 5.32 Å². The van der Waals surface area contributed by atoms with E-state index in [9.17, 15) is 24.5 Å². The molecule has 0 saturated carbocycles. The van der Waals surface area contributed by atoms with Gasteiger partial charge in [-0.3, -0.25) is 15.0 Å². The summed E-state index contributed by atoms with van der Waals surface area (Å²) < 4.78 is 9.68. The molecule has 2 heterocycles. The van der Waals surface area contributed by atoms with E-state index in [1.807, 2.05) is 0 Å². The summed E-state index contributed by atoms with van der Waals surface area (Å²) in [5.41, 5.74) is -0.00686. The third-order valence-corrected chi connectivity index (χ3v) is 3.91. The van der Waals surface area contributed by atoms with E-state index in [0.717, 1.165) is 12.0 Å². The Hall–Kier alpha value is -3.43. The number of nitrogens with one attached hydrogen (secondary N) is 1. The van der Waals surface area contributed by atoms with Gasteiger partial charge < -0.3 is 14.8 Å². The third-order valence-electron chi connectivity index (χ3n) is 3.91. The van der Waals surface area contributed by atoms with Gasteiger partial charge in [0.15, 0.2) is 0 Å². The van der Waals surface area contributed by atoms with Crippen LogP contribution in [0, 0.1) is 10.1 Å². The number of nitrogens with zero attached hydrogens (tertiary/aromatic N) is 2. The molecule has 10 nitrogen and oxygen atoms in total. The van der Waals surface area contributed by atoms with Crippen LogP contribution in [0.2, 0.25) is 0 Å². The summed E-state index contributed by atoms with van der Waals surface area (Å²) in [5, 5.41) is 13.4. The molecule has 2 aliphatic heterocycles. The van der Waals surface area contributed by atoms with Crippen molar-refractivity contribution in [2.45, 2.75) is 6.04 Å². The van der Waals surface area contributed by atoms with Crippen LogP contribution in [0.3, 0.4) is 0 Å². The number of fused-ring (bicyclic) bond motifs is 1. The van der Waals surface area contributed by atoms with Crippen molar-refractivity contribution in [3.8, 4) is 0 Å². The SMILES string of the molecule is COC(=O)C1=C2C(=O)OCCN2C(=O)NC1c1ccc([N+](=O)[O-])cc1. The molecule has 0 aliphatic carbocycles. The number of methoxy groups -OCH3 is 1. The van der Waals surface area contributed by atoms with E-state index in [1.54, 1.807) is 0 Å². The number of hydrogen-bond donors (Lipinski definition) is 1. The zero-order valence-electron chi connectivity index (χ0n) is 13.1. The molecular weight excluding hydrogens is 334 g/mol. The number of hydrogen-bond acceptors (Lipinski definition) is 7. The Morgan fingerprint density at radius 1 is 1.36 bits per heavy atom. The van der Waals surface area contributed by atoms with E-state index in [4.69, 9.17) is 9.47 Å². The van der Waals surface area contributed by atoms with Crippen molar-refractivity contribution >= 4 is 23.7 Å². The molecule has 0 aromatic heterocycles. The smallest absolute Gasteiger partial charge is 0.355 e. The maximum Gasteiger partial charge on any atom is 0.355 e. The number of non-ortho nitro benzene ring substituents is 1. The fourth-order valence-corrected chi connectivity index (χ4v) is 2.75. The lowest BCUT2D eigenvalue weighted by atomic mass is 9.94. The van der Waals surface area contributed by atoms with Gasteiger partial charge in [0.05, 0.1) is 30.2 Å². The van der Waals surface area contributed by atoms with Crippen molar-refractivity contribution in [2.24, 2.45) is 0 Å². The van der Waals surface area contributed by atoms with Crippen molar-refractivity contribution in [1.29, 1.82) is 0 Å². The maximum atomic E-state index is 12.3. The van der Waals surface area contributed by atoms with Gasteiger partial charge in [0.1, 0.15) is 12.3 Å². The van der Waals surface area contributed by atoms with Crippen molar-refractivity contribution in [1.82, 2.24) is 10.2 Å². The number of urea groups is 1. The quantitative estimate of drug-likeness (QED) is 0.483.